The topological polar surface area (TPSA) is 36.4 Å². The Hall–Kier alpha value is -2.36. The molecular weight excluding hydrogens is 310 g/mol. The number of nitrogens with zero attached hydrogens (tertiary/aromatic N) is 3. The summed E-state index contributed by atoms with van der Waals surface area (Å²) in [6.45, 7) is 3.47. The lowest BCUT2D eigenvalue weighted by atomic mass is 9.96. The lowest BCUT2D eigenvalue weighted by Crippen LogP contribution is -2.45. The summed E-state index contributed by atoms with van der Waals surface area (Å²) >= 11 is 0. The van der Waals surface area contributed by atoms with Crippen LogP contribution >= 0.6 is 0 Å². The molecule has 1 saturated heterocycles. The molecule has 4 heteroatoms. The van der Waals surface area contributed by atoms with Crippen LogP contribution in [-0.4, -0.2) is 42.0 Å². The van der Waals surface area contributed by atoms with E-state index < -0.39 is 0 Å². The summed E-state index contributed by atoms with van der Waals surface area (Å²) in [4.78, 5) is 21.9. The summed E-state index contributed by atoms with van der Waals surface area (Å²) < 4.78 is 0. The molecule has 2 aromatic rings. The summed E-state index contributed by atoms with van der Waals surface area (Å²) in [6, 6.07) is 14.6. The van der Waals surface area contributed by atoms with Crippen LogP contribution in [0.4, 0.5) is 5.82 Å². The van der Waals surface area contributed by atoms with Crippen LogP contribution < -0.4 is 4.90 Å². The molecule has 2 aliphatic heterocycles. The molecule has 0 bridgehead atoms. The number of carbonyl (C=O) groups is 1. The van der Waals surface area contributed by atoms with E-state index in [0.717, 1.165) is 57.7 Å². The van der Waals surface area contributed by atoms with Crippen LogP contribution in [0.1, 0.15) is 24.0 Å². The molecule has 1 aromatic carbocycles. The zero-order chi connectivity index (χ0) is 17.1. The second-order valence-corrected chi connectivity index (χ2v) is 7.07. The third-order valence-electron chi connectivity index (χ3n) is 5.48. The molecule has 0 spiro atoms. The highest BCUT2D eigenvalue weighted by Gasteiger charge is 2.30. The molecule has 1 unspecified atom stereocenters. The van der Waals surface area contributed by atoms with Gasteiger partial charge in [0, 0.05) is 32.4 Å². The first-order valence-corrected chi connectivity index (χ1v) is 9.33. The average molecular weight is 335 g/mol. The monoisotopic (exact) mass is 335 g/mol. The summed E-state index contributed by atoms with van der Waals surface area (Å²) in [5.74, 6) is 1.41. The van der Waals surface area contributed by atoms with Crippen molar-refractivity contribution >= 4 is 11.7 Å². The van der Waals surface area contributed by atoms with Crippen LogP contribution in [0.15, 0.2) is 48.7 Å². The SMILES string of the molecule is O=C(C1CCCN(c2ccccn2)C1)N1CCc2ccccc2CC1. The van der Waals surface area contributed by atoms with Gasteiger partial charge in [-0.3, -0.25) is 4.79 Å². The van der Waals surface area contributed by atoms with E-state index in [1.807, 2.05) is 24.4 Å². The van der Waals surface area contributed by atoms with E-state index in [-0.39, 0.29) is 5.92 Å². The van der Waals surface area contributed by atoms with Gasteiger partial charge in [-0.15, -0.1) is 0 Å². The number of carbonyl (C=O) groups excluding carboxylic acids is 1. The minimum Gasteiger partial charge on any atom is -0.356 e. The molecule has 0 radical (unpaired) electrons. The van der Waals surface area contributed by atoms with Crippen molar-refractivity contribution in [2.75, 3.05) is 31.1 Å². The molecular formula is C21H25N3O. The summed E-state index contributed by atoms with van der Waals surface area (Å²) in [5, 5.41) is 0. The molecule has 0 aliphatic carbocycles. The van der Waals surface area contributed by atoms with Crippen LogP contribution in [-0.2, 0) is 17.6 Å². The highest BCUT2D eigenvalue weighted by atomic mass is 16.2. The Bertz CT molecular complexity index is 704. The summed E-state index contributed by atoms with van der Waals surface area (Å²) in [5.41, 5.74) is 2.80. The summed E-state index contributed by atoms with van der Waals surface area (Å²) in [6.07, 6.45) is 5.82. The van der Waals surface area contributed by atoms with Gasteiger partial charge in [-0.1, -0.05) is 30.3 Å². The Labute approximate surface area is 149 Å². The first kappa shape index (κ1) is 16.1. The standard InChI is InChI=1S/C21H25N3O/c25-21(23-14-10-17-6-1-2-7-18(17)11-15-23)19-8-5-13-24(16-19)20-9-3-4-12-22-20/h1-4,6-7,9,12,19H,5,8,10-11,13-16H2. The van der Waals surface area contributed by atoms with Crippen molar-refractivity contribution in [2.24, 2.45) is 5.92 Å². The molecule has 1 amide bonds. The predicted octanol–water partition coefficient (Wildman–Crippen LogP) is 2.93. The van der Waals surface area contributed by atoms with Crippen molar-refractivity contribution in [1.29, 1.82) is 0 Å². The van der Waals surface area contributed by atoms with Gasteiger partial charge in [0.1, 0.15) is 5.82 Å². The number of hydrogen-bond donors (Lipinski definition) is 0. The Morgan fingerprint density at radius 2 is 1.68 bits per heavy atom. The minimum atomic E-state index is 0.0944. The Morgan fingerprint density at radius 3 is 2.36 bits per heavy atom. The van der Waals surface area contributed by atoms with Crippen LogP contribution in [0.2, 0.25) is 0 Å². The van der Waals surface area contributed by atoms with Crippen molar-refractivity contribution in [3.63, 3.8) is 0 Å². The number of piperidine rings is 1. The number of fused-ring (bicyclic) bond motifs is 1. The highest BCUT2D eigenvalue weighted by Crippen LogP contribution is 2.24. The van der Waals surface area contributed by atoms with E-state index in [2.05, 4.69) is 39.0 Å². The molecule has 4 nitrogen and oxygen atoms in total. The molecule has 1 fully saturated rings. The second kappa shape index (κ2) is 7.26. The van der Waals surface area contributed by atoms with Gasteiger partial charge in [-0.2, -0.15) is 0 Å². The molecule has 4 rings (SSSR count). The van der Waals surface area contributed by atoms with E-state index >= 15 is 0 Å². The van der Waals surface area contributed by atoms with Crippen molar-refractivity contribution in [3.8, 4) is 0 Å². The maximum absolute atomic E-state index is 13.1. The predicted molar refractivity (Wildman–Crippen MR) is 99.6 cm³/mol. The number of hydrogen-bond acceptors (Lipinski definition) is 3. The largest absolute Gasteiger partial charge is 0.356 e. The van der Waals surface area contributed by atoms with Gasteiger partial charge in [-0.25, -0.2) is 4.98 Å². The van der Waals surface area contributed by atoms with Crippen LogP contribution in [0.25, 0.3) is 0 Å². The van der Waals surface area contributed by atoms with Crippen LogP contribution in [0.3, 0.4) is 0 Å². The van der Waals surface area contributed by atoms with E-state index in [0.29, 0.717) is 5.91 Å². The second-order valence-electron chi connectivity index (χ2n) is 7.07. The Morgan fingerprint density at radius 1 is 0.960 bits per heavy atom. The zero-order valence-electron chi connectivity index (χ0n) is 14.6. The van der Waals surface area contributed by atoms with Crippen LogP contribution in [0.5, 0.6) is 0 Å². The maximum atomic E-state index is 13.1. The fourth-order valence-electron chi connectivity index (χ4n) is 4.07. The lowest BCUT2D eigenvalue weighted by molar-refractivity contribution is -0.135. The fourth-order valence-corrected chi connectivity index (χ4v) is 4.07. The van der Waals surface area contributed by atoms with Gasteiger partial charge in [-0.05, 0) is 48.9 Å². The summed E-state index contributed by atoms with van der Waals surface area (Å²) in [7, 11) is 0. The highest BCUT2D eigenvalue weighted by molar-refractivity contribution is 5.80. The maximum Gasteiger partial charge on any atom is 0.227 e. The molecule has 1 aromatic heterocycles. The third-order valence-corrected chi connectivity index (χ3v) is 5.48. The quantitative estimate of drug-likeness (QED) is 0.847. The van der Waals surface area contributed by atoms with Crippen molar-refractivity contribution < 1.29 is 4.79 Å². The first-order valence-electron chi connectivity index (χ1n) is 9.33. The molecule has 2 aliphatic rings. The molecule has 1 atom stereocenters. The van der Waals surface area contributed by atoms with Gasteiger partial charge >= 0.3 is 0 Å². The molecule has 130 valence electrons. The Balaban J connectivity index is 1.42. The number of benzene rings is 1. The Kier molecular flexibility index (Phi) is 4.68. The number of anilines is 1. The van der Waals surface area contributed by atoms with Crippen molar-refractivity contribution in [3.05, 3.63) is 59.8 Å². The molecule has 3 heterocycles. The number of rotatable bonds is 2. The fraction of sp³-hybridized carbons (Fsp3) is 0.429. The van der Waals surface area contributed by atoms with Gasteiger partial charge in [0.05, 0.1) is 5.92 Å². The molecule has 0 N–H and O–H groups in total. The van der Waals surface area contributed by atoms with E-state index in [1.165, 1.54) is 11.1 Å². The number of pyridine rings is 1. The first-order chi connectivity index (χ1) is 12.3. The van der Waals surface area contributed by atoms with Gasteiger partial charge in [0.2, 0.25) is 5.91 Å². The van der Waals surface area contributed by atoms with E-state index in [9.17, 15) is 4.79 Å². The molecule has 0 saturated carbocycles. The van der Waals surface area contributed by atoms with Gasteiger partial charge < -0.3 is 9.80 Å². The smallest absolute Gasteiger partial charge is 0.227 e. The minimum absolute atomic E-state index is 0.0944. The zero-order valence-corrected chi connectivity index (χ0v) is 14.6. The third kappa shape index (κ3) is 3.53. The average Bonchev–Trinajstić information content (AvgIpc) is 2.91. The normalized spacial score (nSPS) is 20.7. The molecule has 25 heavy (non-hydrogen) atoms. The lowest BCUT2D eigenvalue weighted by Gasteiger charge is -2.35. The van der Waals surface area contributed by atoms with Crippen molar-refractivity contribution in [1.82, 2.24) is 9.88 Å². The van der Waals surface area contributed by atoms with Crippen molar-refractivity contribution in [2.45, 2.75) is 25.7 Å². The van der Waals surface area contributed by atoms with Crippen LogP contribution in [0, 0.1) is 5.92 Å². The van der Waals surface area contributed by atoms with E-state index in [4.69, 9.17) is 0 Å². The number of aromatic nitrogens is 1. The van der Waals surface area contributed by atoms with Gasteiger partial charge in [0.25, 0.3) is 0 Å². The van der Waals surface area contributed by atoms with E-state index in [1.54, 1.807) is 0 Å². The number of amides is 1. The van der Waals surface area contributed by atoms with Gasteiger partial charge in [0.15, 0.2) is 0 Å².